The van der Waals surface area contributed by atoms with Gasteiger partial charge in [-0.25, -0.2) is 13.9 Å². The summed E-state index contributed by atoms with van der Waals surface area (Å²) in [6, 6.07) is 3.69. The SMILES string of the molecule is CC(C)c1cc(F)cc(C(C)C)c1NC(=O)NS(=O)(=O)c1cc(CN(C)C2CN(C)C2)n(C)n1. The van der Waals surface area contributed by atoms with Crippen LogP contribution in [0.2, 0.25) is 0 Å². The molecule has 2 N–H and O–H groups in total. The van der Waals surface area contributed by atoms with Crippen LogP contribution in [0.5, 0.6) is 0 Å². The van der Waals surface area contributed by atoms with Crippen molar-refractivity contribution in [2.75, 3.05) is 32.5 Å². The molecule has 34 heavy (non-hydrogen) atoms. The fraction of sp³-hybridized carbons (Fsp3) is 0.565. The first-order chi connectivity index (χ1) is 15.8. The molecule has 0 atom stereocenters. The molecule has 0 bridgehead atoms. The number of hydrogen-bond donors (Lipinski definition) is 2. The molecule has 2 aromatic rings. The third kappa shape index (κ3) is 5.76. The molecule has 9 nitrogen and oxygen atoms in total. The maximum Gasteiger partial charge on any atom is 0.333 e. The minimum atomic E-state index is -4.21. The summed E-state index contributed by atoms with van der Waals surface area (Å²) in [4.78, 5) is 17.1. The van der Waals surface area contributed by atoms with Crippen LogP contribution in [-0.2, 0) is 23.6 Å². The van der Waals surface area contributed by atoms with Gasteiger partial charge in [0.15, 0.2) is 5.03 Å². The molecule has 0 unspecified atom stereocenters. The molecule has 1 aliphatic rings. The number of urea groups is 1. The molecule has 188 valence electrons. The zero-order valence-electron chi connectivity index (χ0n) is 20.9. The standard InChI is InChI=1S/C23H35FN6O3S/c1-14(2)19-8-16(24)9-20(15(3)4)22(19)25-23(31)27-34(32,33)21-10-17(30(7)26-21)13-29(6)18-11-28(5)12-18/h8-10,14-15,18H,11-13H2,1-7H3,(H2,25,27,31). The van der Waals surface area contributed by atoms with Gasteiger partial charge in [0.25, 0.3) is 10.0 Å². The maximum absolute atomic E-state index is 14.1. The summed E-state index contributed by atoms with van der Waals surface area (Å²) in [7, 11) is 1.51. The zero-order valence-corrected chi connectivity index (χ0v) is 21.7. The predicted molar refractivity (Wildman–Crippen MR) is 130 cm³/mol. The quantitative estimate of drug-likeness (QED) is 0.585. The normalized spacial score (nSPS) is 15.3. The number of nitrogens with one attached hydrogen (secondary N) is 2. The Morgan fingerprint density at radius 3 is 2.21 bits per heavy atom. The van der Waals surface area contributed by atoms with Crippen molar-refractivity contribution in [2.45, 2.75) is 57.1 Å². The van der Waals surface area contributed by atoms with Gasteiger partial charge in [-0.2, -0.15) is 13.5 Å². The lowest BCUT2D eigenvalue weighted by molar-refractivity contribution is 0.0644. The Hall–Kier alpha value is -2.50. The number of aryl methyl sites for hydroxylation is 1. The van der Waals surface area contributed by atoms with Crippen LogP contribution in [0.1, 0.15) is 56.4 Å². The first kappa shape index (κ1) is 26.1. The summed E-state index contributed by atoms with van der Waals surface area (Å²) in [6.07, 6.45) is 0. The van der Waals surface area contributed by atoms with Crippen molar-refractivity contribution in [1.82, 2.24) is 24.3 Å². The minimum Gasteiger partial charge on any atom is -0.307 e. The highest BCUT2D eigenvalue weighted by Crippen LogP contribution is 2.33. The molecule has 2 amide bonds. The number of sulfonamides is 1. The summed E-state index contributed by atoms with van der Waals surface area (Å²) in [6.45, 7) is 9.98. The second kappa shape index (κ2) is 10.0. The van der Waals surface area contributed by atoms with Gasteiger partial charge in [-0.1, -0.05) is 27.7 Å². The van der Waals surface area contributed by atoms with E-state index in [0.717, 1.165) is 18.8 Å². The van der Waals surface area contributed by atoms with Gasteiger partial charge in [-0.15, -0.1) is 0 Å². The molecule has 0 spiro atoms. The van der Waals surface area contributed by atoms with Gasteiger partial charge in [-0.3, -0.25) is 9.58 Å². The number of carbonyl (C=O) groups excluding carboxylic acids is 1. The van der Waals surface area contributed by atoms with E-state index in [0.29, 0.717) is 29.4 Å². The van der Waals surface area contributed by atoms with Crippen LogP contribution in [0, 0.1) is 5.82 Å². The van der Waals surface area contributed by atoms with Crippen molar-refractivity contribution < 1.29 is 17.6 Å². The largest absolute Gasteiger partial charge is 0.333 e. The Morgan fingerprint density at radius 2 is 1.71 bits per heavy atom. The first-order valence-corrected chi connectivity index (χ1v) is 12.9. The summed E-state index contributed by atoms with van der Waals surface area (Å²) in [5, 5.41) is 6.53. The van der Waals surface area contributed by atoms with Crippen LogP contribution in [-0.4, -0.2) is 67.3 Å². The number of halogens is 1. The van der Waals surface area contributed by atoms with Gasteiger partial charge in [0.1, 0.15) is 5.82 Å². The fourth-order valence-electron chi connectivity index (χ4n) is 4.10. The van der Waals surface area contributed by atoms with Gasteiger partial charge in [0.05, 0.1) is 5.69 Å². The van der Waals surface area contributed by atoms with E-state index >= 15 is 0 Å². The van der Waals surface area contributed by atoms with E-state index in [4.69, 9.17) is 0 Å². The van der Waals surface area contributed by atoms with E-state index < -0.39 is 21.9 Å². The number of anilines is 1. The Morgan fingerprint density at radius 1 is 1.15 bits per heavy atom. The number of nitrogens with zero attached hydrogens (tertiary/aromatic N) is 4. The molecule has 1 aromatic heterocycles. The van der Waals surface area contributed by atoms with Crippen LogP contribution in [0.15, 0.2) is 23.2 Å². The summed E-state index contributed by atoms with van der Waals surface area (Å²) < 4.78 is 43.5. The molecule has 11 heteroatoms. The van der Waals surface area contributed by atoms with E-state index in [2.05, 4.69) is 27.3 Å². The zero-order chi connectivity index (χ0) is 25.4. The van der Waals surface area contributed by atoms with E-state index in [-0.39, 0.29) is 16.9 Å². The molecular formula is C23H35FN6O3S. The molecular weight excluding hydrogens is 459 g/mol. The van der Waals surface area contributed by atoms with Crippen LogP contribution in [0.3, 0.4) is 0 Å². The van der Waals surface area contributed by atoms with Crippen molar-refractivity contribution in [3.05, 3.63) is 40.8 Å². The number of likely N-dealkylation sites (N-methyl/N-ethyl adjacent to an activating group) is 2. The number of likely N-dealkylation sites (tertiary alicyclic amines) is 1. The van der Waals surface area contributed by atoms with E-state index in [1.807, 2.05) is 39.5 Å². The number of aromatic nitrogens is 2. The molecule has 0 aliphatic carbocycles. The highest BCUT2D eigenvalue weighted by atomic mass is 32.2. The summed E-state index contributed by atoms with van der Waals surface area (Å²) >= 11 is 0. The molecule has 1 saturated heterocycles. The lowest BCUT2D eigenvalue weighted by atomic mass is 9.92. The van der Waals surface area contributed by atoms with E-state index in [1.54, 1.807) is 7.05 Å². The van der Waals surface area contributed by atoms with Crippen LogP contribution < -0.4 is 10.0 Å². The summed E-state index contributed by atoms with van der Waals surface area (Å²) in [5.41, 5.74) is 2.34. The van der Waals surface area contributed by atoms with Crippen molar-refractivity contribution in [1.29, 1.82) is 0 Å². The van der Waals surface area contributed by atoms with Crippen LogP contribution in [0.4, 0.5) is 14.9 Å². The molecule has 1 aliphatic heterocycles. The van der Waals surface area contributed by atoms with Crippen LogP contribution >= 0.6 is 0 Å². The van der Waals surface area contributed by atoms with Crippen molar-refractivity contribution in [2.24, 2.45) is 7.05 Å². The number of carbonyl (C=O) groups is 1. The molecule has 0 radical (unpaired) electrons. The Balaban J connectivity index is 1.77. The molecule has 1 fully saturated rings. The molecule has 3 rings (SSSR count). The van der Waals surface area contributed by atoms with Crippen molar-refractivity contribution in [3.63, 3.8) is 0 Å². The van der Waals surface area contributed by atoms with E-state index in [1.165, 1.54) is 22.9 Å². The molecule has 1 aromatic carbocycles. The smallest absolute Gasteiger partial charge is 0.307 e. The van der Waals surface area contributed by atoms with Gasteiger partial charge in [0, 0.05) is 44.5 Å². The Labute approximate surface area is 201 Å². The number of hydrogen-bond acceptors (Lipinski definition) is 6. The second-order valence-electron chi connectivity index (χ2n) is 9.72. The Kier molecular flexibility index (Phi) is 7.69. The minimum absolute atomic E-state index is 0.0779. The lowest BCUT2D eigenvalue weighted by Crippen LogP contribution is -2.56. The summed E-state index contributed by atoms with van der Waals surface area (Å²) in [5.74, 6) is -0.553. The van der Waals surface area contributed by atoms with Crippen LogP contribution in [0.25, 0.3) is 0 Å². The van der Waals surface area contributed by atoms with Gasteiger partial charge >= 0.3 is 6.03 Å². The monoisotopic (exact) mass is 494 g/mol. The maximum atomic E-state index is 14.1. The fourth-order valence-corrected chi connectivity index (χ4v) is 5.02. The number of amides is 2. The molecule has 2 heterocycles. The third-order valence-corrected chi connectivity index (χ3v) is 7.39. The van der Waals surface area contributed by atoms with Gasteiger partial charge in [0.2, 0.25) is 0 Å². The lowest BCUT2D eigenvalue weighted by Gasteiger charge is -2.41. The number of rotatable bonds is 8. The molecule has 0 saturated carbocycles. The third-order valence-electron chi connectivity index (χ3n) is 6.18. The highest BCUT2D eigenvalue weighted by molar-refractivity contribution is 7.90. The van der Waals surface area contributed by atoms with Gasteiger partial charge < -0.3 is 10.2 Å². The number of benzene rings is 1. The topological polar surface area (TPSA) is 99.6 Å². The first-order valence-electron chi connectivity index (χ1n) is 11.4. The predicted octanol–water partition coefficient (Wildman–Crippen LogP) is 3.06. The highest BCUT2D eigenvalue weighted by Gasteiger charge is 2.29. The second-order valence-corrected chi connectivity index (χ2v) is 11.3. The average molecular weight is 495 g/mol. The van der Waals surface area contributed by atoms with Crippen molar-refractivity contribution >= 4 is 21.7 Å². The Bertz CT molecular complexity index is 1130. The van der Waals surface area contributed by atoms with Gasteiger partial charge in [-0.05, 0) is 49.2 Å². The average Bonchev–Trinajstić information content (AvgIpc) is 3.07. The van der Waals surface area contributed by atoms with Crippen molar-refractivity contribution in [3.8, 4) is 0 Å². The van der Waals surface area contributed by atoms with E-state index in [9.17, 15) is 17.6 Å².